The maximum Gasteiger partial charge on any atom is 0.343 e. The van der Waals surface area contributed by atoms with Gasteiger partial charge in [0.25, 0.3) is 0 Å². The van der Waals surface area contributed by atoms with E-state index in [1.807, 2.05) is 19.1 Å². The highest BCUT2D eigenvalue weighted by Gasteiger charge is 2.12. The highest BCUT2D eigenvalue weighted by molar-refractivity contribution is 5.91. The van der Waals surface area contributed by atoms with Crippen LogP contribution in [-0.4, -0.2) is 20.2 Å². The lowest BCUT2D eigenvalue weighted by Gasteiger charge is -2.10. The van der Waals surface area contributed by atoms with Crippen LogP contribution in [0.3, 0.4) is 0 Å². The van der Waals surface area contributed by atoms with E-state index in [1.54, 1.807) is 44.6 Å². The zero-order valence-corrected chi connectivity index (χ0v) is 11.7. The second kappa shape index (κ2) is 6.10. The Labute approximate surface area is 117 Å². The van der Waals surface area contributed by atoms with E-state index in [-0.39, 0.29) is 0 Å². The SMILES string of the molecule is COc1ccc(C(=O)Oc2ccc(C)cc2OC)cc1. The van der Waals surface area contributed by atoms with Gasteiger partial charge >= 0.3 is 5.97 Å². The normalized spacial score (nSPS) is 9.95. The van der Waals surface area contributed by atoms with Crippen LogP contribution < -0.4 is 14.2 Å². The first-order valence-corrected chi connectivity index (χ1v) is 6.15. The zero-order chi connectivity index (χ0) is 14.5. The molecule has 0 saturated carbocycles. The Balaban J connectivity index is 2.18. The van der Waals surface area contributed by atoms with Gasteiger partial charge in [-0.3, -0.25) is 0 Å². The first kappa shape index (κ1) is 13.9. The predicted octanol–water partition coefficient (Wildman–Crippen LogP) is 3.23. The Bertz CT molecular complexity index is 602. The van der Waals surface area contributed by atoms with Crippen LogP contribution >= 0.6 is 0 Å². The fraction of sp³-hybridized carbons (Fsp3) is 0.188. The number of carbonyl (C=O) groups excluding carboxylic acids is 1. The van der Waals surface area contributed by atoms with Crippen molar-refractivity contribution in [2.45, 2.75) is 6.92 Å². The average Bonchev–Trinajstić information content (AvgIpc) is 2.49. The molecule has 0 bridgehead atoms. The summed E-state index contributed by atoms with van der Waals surface area (Å²) in [4.78, 5) is 12.0. The number of benzene rings is 2. The van der Waals surface area contributed by atoms with Crippen molar-refractivity contribution in [2.75, 3.05) is 14.2 Å². The lowest BCUT2D eigenvalue weighted by molar-refractivity contribution is 0.0729. The van der Waals surface area contributed by atoms with Crippen molar-refractivity contribution in [3.8, 4) is 17.2 Å². The van der Waals surface area contributed by atoms with Crippen LogP contribution in [0.15, 0.2) is 42.5 Å². The molecule has 0 aromatic heterocycles. The molecule has 0 aliphatic carbocycles. The Kier molecular flexibility index (Phi) is 4.25. The monoisotopic (exact) mass is 272 g/mol. The number of esters is 1. The summed E-state index contributed by atoms with van der Waals surface area (Å²) < 4.78 is 15.6. The van der Waals surface area contributed by atoms with E-state index in [2.05, 4.69) is 0 Å². The van der Waals surface area contributed by atoms with Crippen molar-refractivity contribution in [3.05, 3.63) is 53.6 Å². The molecule has 4 heteroatoms. The van der Waals surface area contributed by atoms with Crippen LogP contribution in [0.4, 0.5) is 0 Å². The Morgan fingerprint density at radius 3 is 2.20 bits per heavy atom. The van der Waals surface area contributed by atoms with Crippen LogP contribution in [0, 0.1) is 6.92 Å². The molecule has 4 nitrogen and oxygen atoms in total. The molecular weight excluding hydrogens is 256 g/mol. The minimum atomic E-state index is -0.435. The number of rotatable bonds is 4. The highest BCUT2D eigenvalue weighted by Crippen LogP contribution is 2.28. The molecule has 2 rings (SSSR count). The van der Waals surface area contributed by atoms with E-state index in [0.29, 0.717) is 22.8 Å². The molecule has 0 heterocycles. The zero-order valence-electron chi connectivity index (χ0n) is 11.7. The molecular formula is C16H16O4. The van der Waals surface area contributed by atoms with Gasteiger partial charge in [0, 0.05) is 0 Å². The first-order chi connectivity index (χ1) is 9.63. The van der Waals surface area contributed by atoms with E-state index < -0.39 is 5.97 Å². The molecule has 0 fully saturated rings. The van der Waals surface area contributed by atoms with Gasteiger partial charge in [-0.05, 0) is 48.9 Å². The van der Waals surface area contributed by atoms with Crippen molar-refractivity contribution in [3.63, 3.8) is 0 Å². The fourth-order valence-electron chi connectivity index (χ4n) is 1.75. The number of carbonyl (C=O) groups is 1. The summed E-state index contributed by atoms with van der Waals surface area (Å²) in [6.45, 7) is 1.94. The molecule has 2 aromatic rings. The molecule has 0 amide bonds. The predicted molar refractivity (Wildman–Crippen MR) is 75.7 cm³/mol. The summed E-state index contributed by atoms with van der Waals surface area (Å²) in [6.07, 6.45) is 0. The smallest absolute Gasteiger partial charge is 0.343 e. The minimum Gasteiger partial charge on any atom is -0.497 e. The van der Waals surface area contributed by atoms with Crippen molar-refractivity contribution in [1.29, 1.82) is 0 Å². The lowest BCUT2D eigenvalue weighted by atomic mass is 10.2. The quantitative estimate of drug-likeness (QED) is 0.633. The van der Waals surface area contributed by atoms with Crippen LogP contribution in [0.1, 0.15) is 15.9 Å². The minimum absolute atomic E-state index is 0.402. The highest BCUT2D eigenvalue weighted by atomic mass is 16.6. The largest absolute Gasteiger partial charge is 0.497 e. The van der Waals surface area contributed by atoms with Crippen LogP contribution in [0.25, 0.3) is 0 Å². The molecule has 0 radical (unpaired) electrons. The standard InChI is InChI=1S/C16H16O4/c1-11-4-9-14(15(10-11)19-3)20-16(17)12-5-7-13(18-2)8-6-12/h4-10H,1-3H3. The second-order valence-electron chi connectivity index (χ2n) is 4.27. The third-order valence-corrected chi connectivity index (χ3v) is 2.85. The van der Waals surface area contributed by atoms with Gasteiger partial charge in [0.05, 0.1) is 19.8 Å². The Hall–Kier alpha value is -2.49. The summed E-state index contributed by atoms with van der Waals surface area (Å²) in [7, 11) is 3.12. The van der Waals surface area contributed by atoms with Crippen molar-refractivity contribution < 1.29 is 19.0 Å². The van der Waals surface area contributed by atoms with Crippen LogP contribution in [0.2, 0.25) is 0 Å². The average molecular weight is 272 g/mol. The van der Waals surface area contributed by atoms with Gasteiger partial charge in [-0.25, -0.2) is 4.79 Å². The number of hydrogen-bond acceptors (Lipinski definition) is 4. The number of methoxy groups -OCH3 is 2. The van der Waals surface area contributed by atoms with Gasteiger partial charge in [-0.15, -0.1) is 0 Å². The van der Waals surface area contributed by atoms with Crippen LogP contribution in [0.5, 0.6) is 17.2 Å². The summed E-state index contributed by atoms with van der Waals surface area (Å²) in [5, 5.41) is 0. The van der Waals surface area contributed by atoms with Gasteiger partial charge in [-0.1, -0.05) is 6.07 Å². The Morgan fingerprint density at radius 2 is 1.60 bits per heavy atom. The van der Waals surface area contributed by atoms with E-state index in [0.717, 1.165) is 5.56 Å². The van der Waals surface area contributed by atoms with Gasteiger partial charge < -0.3 is 14.2 Å². The first-order valence-electron chi connectivity index (χ1n) is 6.15. The van der Waals surface area contributed by atoms with Crippen molar-refractivity contribution >= 4 is 5.97 Å². The third kappa shape index (κ3) is 3.09. The second-order valence-corrected chi connectivity index (χ2v) is 4.27. The van der Waals surface area contributed by atoms with Gasteiger partial charge in [0.15, 0.2) is 11.5 Å². The summed E-state index contributed by atoms with van der Waals surface area (Å²) >= 11 is 0. The van der Waals surface area contributed by atoms with E-state index in [9.17, 15) is 4.79 Å². The molecule has 0 aliphatic heterocycles. The molecule has 0 saturated heterocycles. The van der Waals surface area contributed by atoms with Gasteiger partial charge in [0.2, 0.25) is 0 Å². The molecule has 104 valence electrons. The molecule has 0 aliphatic rings. The maximum atomic E-state index is 12.0. The fourth-order valence-corrected chi connectivity index (χ4v) is 1.75. The van der Waals surface area contributed by atoms with E-state index in [4.69, 9.17) is 14.2 Å². The summed E-state index contributed by atoms with van der Waals surface area (Å²) in [6, 6.07) is 12.1. The molecule has 0 unspecified atom stereocenters. The van der Waals surface area contributed by atoms with Crippen molar-refractivity contribution in [2.24, 2.45) is 0 Å². The van der Waals surface area contributed by atoms with Gasteiger partial charge in [0.1, 0.15) is 5.75 Å². The number of ether oxygens (including phenoxy) is 3. The van der Waals surface area contributed by atoms with E-state index in [1.165, 1.54) is 0 Å². The molecule has 0 atom stereocenters. The van der Waals surface area contributed by atoms with E-state index >= 15 is 0 Å². The topological polar surface area (TPSA) is 44.8 Å². The lowest BCUT2D eigenvalue weighted by Crippen LogP contribution is -2.09. The molecule has 20 heavy (non-hydrogen) atoms. The van der Waals surface area contributed by atoms with Crippen LogP contribution in [-0.2, 0) is 0 Å². The van der Waals surface area contributed by atoms with Crippen molar-refractivity contribution in [1.82, 2.24) is 0 Å². The molecule has 2 aromatic carbocycles. The maximum absolute atomic E-state index is 12.0. The third-order valence-electron chi connectivity index (χ3n) is 2.85. The van der Waals surface area contributed by atoms with Gasteiger partial charge in [-0.2, -0.15) is 0 Å². The Morgan fingerprint density at radius 1 is 0.900 bits per heavy atom. The number of aryl methyl sites for hydroxylation is 1. The molecule has 0 spiro atoms. The summed E-state index contributed by atoms with van der Waals surface area (Å²) in [5.74, 6) is 1.19. The summed E-state index contributed by atoms with van der Waals surface area (Å²) in [5.41, 5.74) is 1.49. The molecule has 0 N–H and O–H groups in total. The number of hydrogen-bond donors (Lipinski definition) is 0.